The summed E-state index contributed by atoms with van der Waals surface area (Å²) in [6, 6.07) is 8.45. The molecule has 2 aliphatic rings. The van der Waals surface area contributed by atoms with Gasteiger partial charge >= 0.3 is 0 Å². The van der Waals surface area contributed by atoms with Crippen LogP contribution in [0.15, 0.2) is 24.3 Å². The molecule has 1 saturated carbocycles. The van der Waals surface area contributed by atoms with E-state index in [2.05, 4.69) is 46.7 Å². The van der Waals surface area contributed by atoms with Gasteiger partial charge in [-0.15, -0.1) is 0 Å². The molecule has 25 heavy (non-hydrogen) atoms. The molecular weight excluding hydrogens is 314 g/mol. The van der Waals surface area contributed by atoms with Crippen LogP contribution in [0.2, 0.25) is 0 Å². The van der Waals surface area contributed by atoms with Crippen LogP contribution in [0.25, 0.3) is 0 Å². The van der Waals surface area contributed by atoms with Gasteiger partial charge in [0.1, 0.15) is 0 Å². The summed E-state index contributed by atoms with van der Waals surface area (Å²) in [6.45, 7) is 5.31. The molecule has 5 heteroatoms. The summed E-state index contributed by atoms with van der Waals surface area (Å²) in [7, 11) is 0. The summed E-state index contributed by atoms with van der Waals surface area (Å²) in [5.74, 6) is 0.737. The first-order valence-corrected chi connectivity index (χ1v) is 9.52. The lowest BCUT2D eigenvalue weighted by atomic mass is 10.1. The van der Waals surface area contributed by atoms with Gasteiger partial charge in [0.2, 0.25) is 11.8 Å². The summed E-state index contributed by atoms with van der Waals surface area (Å²) >= 11 is 0. The Bertz CT molecular complexity index is 593. The number of hydrogen-bond acceptors (Lipinski definition) is 3. The van der Waals surface area contributed by atoms with Gasteiger partial charge in [0, 0.05) is 44.2 Å². The maximum atomic E-state index is 11.9. The zero-order chi connectivity index (χ0) is 17.6. The molecular formula is C20H29N3O2. The molecule has 5 nitrogen and oxygen atoms in total. The van der Waals surface area contributed by atoms with Crippen LogP contribution < -0.4 is 15.5 Å². The van der Waals surface area contributed by atoms with Crippen molar-refractivity contribution in [3.8, 4) is 0 Å². The molecule has 0 unspecified atom stereocenters. The number of amides is 2. The van der Waals surface area contributed by atoms with Gasteiger partial charge in [-0.05, 0) is 49.3 Å². The minimum Gasteiger partial charge on any atom is -0.372 e. The molecule has 2 fully saturated rings. The van der Waals surface area contributed by atoms with Gasteiger partial charge in [-0.1, -0.05) is 19.1 Å². The van der Waals surface area contributed by atoms with Gasteiger partial charge in [-0.3, -0.25) is 9.59 Å². The lowest BCUT2D eigenvalue weighted by Gasteiger charge is -2.28. The minimum atomic E-state index is -0.0238. The third-order valence-electron chi connectivity index (χ3n) is 5.24. The van der Waals surface area contributed by atoms with E-state index in [0.29, 0.717) is 25.4 Å². The average Bonchev–Trinajstić information content (AvgIpc) is 3.38. The average molecular weight is 343 g/mol. The first-order chi connectivity index (χ1) is 12.1. The Kier molecular flexibility index (Phi) is 5.95. The summed E-state index contributed by atoms with van der Waals surface area (Å²) in [4.78, 5) is 26.0. The molecule has 3 rings (SSSR count). The number of benzene rings is 1. The third-order valence-corrected chi connectivity index (χ3v) is 5.24. The van der Waals surface area contributed by atoms with Gasteiger partial charge in [0.05, 0.1) is 0 Å². The summed E-state index contributed by atoms with van der Waals surface area (Å²) in [5.41, 5.74) is 2.37. The van der Waals surface area contributed by atoms with Crippen molar-refractivity contribution in [1.82, 2.24) is 10.6 Å². The summed E-state index contributed by atoms with van der Waals surface area (Å²) < 4.78 is 0. The van der Waals surface area contributed by atoms with Gasteiger partial charge < -0.3 is 15.5 Å². The molecule has 0 aromatic heterocycles. The second kappa shape index (κ2) is 8.37. The van der Waals surface area contributed by atoms with Crippen LogP contribution in [-0.4, -0.2) is 31.4 Å². The Morgan fingerprint density at radius 1 is 1.08 bits per heavy atom. The van der Waals surface area contributed by atoms with E-state index < -0.39 is 0 Å². The normalized spacial score (nSPS) is 22.4. The zero-order valence-electron chi connectivity index (χ0n) is 15.1. The molecule has 0 spiro atoms. The first kappa shape index (κ1) is 17.8. The quantitative estimate of drug-likeness (QED) is 0.799. The van der Waals surface area contributed by atoms with E-state index in [1.807, 2.05) is 0 Å². The van der Waals surface area contributed by atoms with E-state index in [1.54, 1.807) is 0 Å². The number of piperidine rings is 1. The fourth-order valence-corrected chi connectivity index (χ4v) is 3.38. The van der Waals surface area contributed by atoms with E-state index >= 15 is 0 Å². The highest BCUT2D eigenvalue weighted by Crippen LogP contribution is 2.37. The number of carbonyl (C=O) groups excluding carboxylic acids is 2. The molecule has 0 bridgehead atoms. The lowest BCUT2D eigenvalue weighted by molar-refractivity contribution is -0.123. The van der Waals surface area contributed by atoms with Crippen LogP contribution in [0, 0.1) is 11.8 Å². The number of anilines is 1. The fraction of sp³-hybridized carbons (Fsp3) is 0.600. The van der Waals surface area contributed by atoms with Crippen molar-refractivity contribution in [2.24, 2.45) is 11.8 Å². The van der Waals surface area contributed by atoms with Crippen LogP contribution in [0.3, 0.4) is 0 Å². The van der Waals surface area contributed by atoms with Crippen LogP contribution in [0.5, 0.6) is 0 Å². The van der Waals surface area contributed by atoms with E-state index in [1.165, 1.54) is 24.9 Å². The van der Waals surface area contributed by atoms with Crippen molar-refractivity contribution in [3.05, 3.63) is 29.8 Å². The zero-order valence-corrected chi connectivity index (χ0v) is 15.1. The van der Waals surface area contributed by atoms with Crippen molar-refractivity contribution in [3.63, 3.8) is 0 Å². The van der Waals surface area contributed by atoms with Crippen LogP contribution >= 0.6 is 0 Å². The molecule has 0 radical (unpaired) electrons. The molecule has 1 aromatic rings. The second-order valence-electron chi connectivity index (χ2n) is 7.35. The predicted octanol–water partition coefficient (Wildman–Crippen LogP) is 2.46. The minimum absolute atomic E-state index is 0.0238. The van der Waals surface area contributed by atoms with Gasteiger partial charge in [0.15, 0.2) is 0 Å². The van der Waals surface area contributed by atoms with Gasteiger partial charge in [0.25, 0.3) is 0 Å². The fourth-order valence-electron chi connectivity index (χ4n) is 3.38. The molecule has 136 valence electrons. The Balaban J connectivity index is 1.34. The van der Waals surface area contributed by atoms with Crippen LogP contribution in [0.1, 0.15) is 44.6 Å². The number of hydrogen-bond donors (Lipinski definition) is 2. The van der Waals surface area contributed by atoms with Crippen molar-refractivity contribution < 1.29 is 9.59 Å². The van der Waals surface area contributed by atoms with E-state index in [-0.39, 0.29) is 17.7 Å². The number of carbonyl (C=O) groups is 2. The van der Waals surface area contributed by atoms with Crippen LogP contribution in [0.4, 0.5) is 5.69 Å². The molecule has 1 aliphatic carbocycles. The van der Waals surface area contributed by atoms with Gasteiger partial charge in [-0.25, -0.2) is 0 Å². The molecule has 2 amide bonds. The SMILES string of the molecule is C[C@H]1C[C@@H]1C(=O)NCCC(=O)NCc1ccc(N2CCCCC2)cc1. The first-order valence-electron chi connectivity index (χ1n) is 9.52. The number of nitrogens with one attached hydrogen (secondary N) is 2. The molecule has 1 aliphatic heterocycles. The van der Waals surface area contributed by atoms with Crippen molar-refractivity contribution >= 4 is 17.5 Å². The summed E-state index contributed by atoms with van der Waals surface area (Å²) in [5, 5.41) is 5.76. The van der Waals surface area contributed by atoms with Crippen molar-refractivity contribution in [1.29, 1.82) is 0 Å². The lowest BCUT2D eigenvalue weighted by Crippen LogP contribution is -2.31. The number of nitrogens with zero attached hydrogens (tertiary/aromatic N) is 1. The van der Waals surface area contributed by atoms with Crippen molar-refractivity contribution in [2.45, 2.75) is 45.6 Å². The maximum absolute atomic E-state index is 11.9. The third kappa shape index (κ3) is 5.21. The highest BCUT2D eigenvalue weighted by molar-refractivity contribution is 5.82. The van der Waals surface area contributed by atoms with E-state index in [9.17, 15) is 9.59 Å². The van der Waals surface area contributed by atoms with E-state index in [0.717, 1.165) is 25.1 Å². The van der Waals surface area contributed by atoms with Crippen LogP contribution in [-0.2, 0) is 16.1 Å². The Morgan fingerprint density at radius 2 is 1.76 bits per heavy atom. The molecule has 1 saturated heterocycles. The maximum Gasteiger partial charge on any atom is 0.223 e. The van der Waals surface area contributed by atoms with E-state index in [4.69, 9.17) is 0 Å². The molecule has 2 N–H and O–H groups in total. The summed E-state index contributed by atoms with van der Waals surface area (Å²) in [6.07, 6.45) is 5.19. The van der Waals surface area contributed by atoms with Crippen molar-refractivity contribution in [2.75, 3.05) is 24.5 Å². The second-order valence-corrected chi connectivity index (χ2v) is 7.35. The monoisotopic (exact) mass is 343 g/mol. The Hall–Kier alpha value is -2.04. The molecule has 1 heterocycles. The Morgan fingerprint density at radius 3 is 2.40 bits per heavy atom. The predicted molar refractivity (Wildman–Crippen MR) is 99.3 cm³/mol. The molecule has 1 aromatic carbocycles. The topological polar surface area (TPSA) is 61.4 Å². The highest BCUT2D eigenvalue weighted by atomic mass is 16.2. The van der Waals surface area contributed by atoms with Gasteiger partial charge in [-0.2, -0.15) is 0 Å². The smallest absolute Gasteiger partial charge is 0.223 e. The Labute approximate surface area is 150 Å². The number of rotatable bonds is 7. The highest BCUT2D eigenvalue weighted by Gasteiger charge is 2.38. The molecule has 2 atom stereocenters. The standard InChI is InChI=1S/C20H29N3O2/c1-15-13-18(15)20(25)21-10-9-19(24)22-14-16-5-7-17(8-6-16)23-11-3-2-4-12-23/h5-8,15,18H,2-4,9-14H2,1H3,(H,21,25)(H,22,24)/t15-,18-/m0/s1. The largest absolute Gasteiger partial charge is 0.372 e.